The van der Waals surface area contributed by atoms with Crippen LogP contribution in [0.25, 0.3) is 0 Å². The van der Waals surface area contributed by atoms with Gasteiger partial charge in [0.2, 0.25) is 5.78 Å². The molecular weight excluding hydrogens is 632 g/mol. The second-order valence-corrected chi connectivity index (χ2v) is 16.2. The molecule has 0 heterocycles. The minimum absolute atomic E-state index is 0.00771. The van der Waals surface area contributed by atoms with Gasteiger partial charge in [-0.3, -0.25) is 13.8 Å². The lowest BCUT2D eigenvalue weighted by molar-refractivity contribution is -0.184. The van der Waals surface area contributed by atoms with E-state index in [1.165, 1.54) is 18.2 Å². The highest BCUT2D eigenvalue weighted by molar-refractivity contribution is 7.86. The van der Waals surface area contributed by atoms with Crippen LogP contribution >= 0.6 is 11.6 Å². The SMILES string of the molecule is CCCCCOC(=O)O[C@]1(C(=O)COS(=O)(=O)c2ccc(C)cc2)[C@H](C)C[C@H]2[C@@H]3CCC4=CC(=O)C=C[C@]4(C)[C@@]3(Cl)C(O)C[C@@]21C. The molecular formula is C35H45ClO9S. The maximum absolute atomic E-state index is 14.5. The number of ether oxygens (including phenoxy) is 2. The summed E-state index contributed by atoms with van der Waals surface area (Å²) in [4.78, 5) is 38.7. The average Bonchev–Trinajstić information content (AvgIpc) is 3.21. The highest BCUT2D eigenvalue weighted by Gasteiger charge is 2.76. The fourth-order valence-corrected chi connectivity index (χ4v) is 10.5. The van der Waals surface area contributed by atoms with Gasteiger partial charge in [-0.2, -0.15) is 8.42 Å². The molecule has 3 saturated carbocycles. The maximum Gasteiger partial charge on any atom is 0.509 e. The Bertz CT molecular complexity index is 1550. The van der Waals surface area contributed by atoms with Gasteiger partial charge in [0.25, 0.3) is 10.1 Å². The molecule has 1 N–H and O–H groups in total. The monoisotopic (exact) mass is 676 g/mol. The van der Waals surface area contributed by atoms with Crippen LogP contribution < -0.4 is 0 Å². The number of aryl methyl sites for hydroxylation is 1. The molecule has 3 fully saturated rings. The van der Waals surface area contributed by atoms with Gasteiger partial charge >= 0.3 is 6.16 Å². The molecule has 4 aliphatic carbocycles. The summed E-state index contributed by atoms with van der Waals surface area (Å²) in [6.45, 7) is 8.66. The number of carbonyl (C=O) groups is 3. The van der Waals surface area contributed by atoms with E-state index in [2.05, 4.69) is 0 Å². The maximum atomic E-state index is 14.5. The second-order valence-electron chi connectivity index (χ2n) is 14.0. The fraction of sp³-hybridized carbons (Fsp3) is 0.629. The zero-order valence-electron chi connectivity index (χ0n) is 27.2. The van der Waals surface area contributed by atoms with Crippen LogP contribution in [-0.4, -0.2) is 61.0 Å². The van der Waals surface area contributed by atoms with Crippen LogP contribution in [0.4, 0.5) is 4.79 Å². The molecule has 0 saturated heterocycles. The third-order valence-corrected chi connectivity index (χ3v) is 13.7. The van der Waals surface area contributed by atoms with Crippen LogP contribution in [0.2, 0.25) is 0 Å². The van der Waals surface area contributed by atoms with Crippen molar-refractivity contribution in [3.05, 3.63) is 53.6 Å². The third kappa shape index (κ3) is 5.37. The van der Waals surface area contributed by atoms with Crippen LogP contribution in [0, 0.1) is 35.5 Å². The Morgan fingerprint density at radius 1 is 1.11 bits per heavy atom. The van der Waals surface area contributed by atoms with Crippen LogP contribution in [0.5, 0.6) is 0 Å². The molecule has 0 bridgehead atoms. The van der Waals surface area contributed by atoms with Gasteiger partial charge in [-0.25, -0.2) is 4.79 Å². The molecule has 0 radical (unpaired) electrons. The lowest BCUT2D eigenvalue weighted by Crippen LogP contribution is -2.69. The van der Waals surface area contributed by atoms with Gasteiger partial charge < -0.3 is 14.6 Å². The van der Waals surface area contributed by atoms with Gasteiger partial charge in [-0.1, -0.05) is 69.9 Å². The molecule has 46 heavy (non-hydrogen) atoms. The van der Waals surface area contributed by atoms with Crippen molar-refractivity contribution >= 4 is 39.4 Å². The molecule has 11 heteroatoms. The second kappa shape index (κ2) is 12.5. The predicted molar refractivity (Wildman–Crippen MR) is 172 cm³/mol. The third-order valence-electron chi connectivity index (χ3n) is 11.5. The van der Waals surface area contributed by atoms with Crippen molar-refractivity contribution in [2.75, 3.05) is 13.2 Å². The number of Topliss-reactive ketones (excluding diaryl/α,β-unsaturated/α-hetero) is 1. The number of hydrogen-bond donors (Lipinski definition) is 1. The molecule has 0 amide bonds. The zero-order chi connectivity index (χ0) is 33.7. The molecule has 5 rings (SSSR count). The van der Waals surface area contributed by atoms with E-state index in [0.717, 1.165) is 24.0 Å². The highest BCUT2D eigenvalue weighted by Crippen LogP contribution is 2.72. The van der Waals surface area contributed by atoms with Crippen LogP contribution in [0.1, 0.15) is 78.2 Å². The first-order chi connectivity index (χ1) is 21.6. The number of halogens is 1. The summed E-state index contributed by atoms with van der Waals surface area (Å²) in [5.74, 6) is -2.03. The molecule has 0 aromatic heterocycles. The van der Waals surface area contributed by atoms with E-state index in [-0.39, 0.29) is 35.5 Å². The first-order valence-electron chi connectivity index (χ1n) is 16.2. The minimum atomic E-state index is -4.31. The van der Waals surface area contributed by atoms with Crippen molar-refractivity contribution in [3.8, 4) is 0 Å². The molecule has 8 atom stereocenters. The van der Waals surface area contributed by atoms with E-state index in [1.807, 2.05) is 27.7 Å². The summed E-state index contributed by atoms with van der Waals surface area (Å²) < 4.78 is 43.1. The van der Waals surface area contributed by atoms with E-state index in [4.69, 9.17) is 25.3 Å². The molecule has 0 spiro atoms. The van der Waals surface area contributed by atoms with Crippen molar-refractivity contribution in [2.45, 2.75) is 101 Å². The number of ketones is 2. The van der Waals surface area contributed by atoms with Crippen molar-refractivity contribution in [1.29, 1.82) is 0 Å². The normalized spacial score (nSPS) is 36.7. The molecule has 1 unspecified atom stereocenters. The molecule has 0 aliphatic heterocycles. The van der Waals surface area contributed by atoms with Crippen molar-refractivity contribution in [1.82, 2.24) is 0 Å². The smallest absolute Gasteiger partial charge is 0.434 e. The van der Waals surface area contributed by atoms with Crippen LogP contribution in [0.15, 0.2) is 53.0 Å². The standard InChI is InChI=1S/C35H45ClO9S/c1-6-7-8-17-43-31(40)45-35(30(39)21-44-46(41,42)26-12-9-22(2)10-13-26)23(3)18-28-27-14-11-24-19-25(37)15-16-32(24,4)34(27,36)29(38)20-33(28,35)5/h9-10,12-13,15-16,19,23,27-29,38H,6-8,11,14,17-18,20-21H2,1-5H3/t23-,27+,28+,29?,32+,33+,34+,35+/m1/s1. The van der Waals surface area contributed by atoms with E-state index in [9.17, 15) is 27.9 Å². The molecule has 4 aliphatic rings. The number of fused-ring (bicyclic) bond motifs is 5. The Balaban J connectivity index is 1.52. The van der Waals surface area contributed by atoms with Crippen LogP contribution in [-0.2, 0) is 33.4 Å². The fourth-order valence-electron chi connectivity index (χ4n) is 9.08. The number of aliphatic hydroxyl groups excluding tert-OH is 1. The van der Waals surface area contributed by atoms with E-state index in [0.29, 0.717) is 25.7 Å². The number of unbranched alkanes of at least 4 members (excludes halogenated alkanes) is 2. The Morgan fingerprint density at radius 3 is 2.48 bits per heavy atom. The largest absolute Gasteiger partial charge is 0.509 e. The summed E-state index contributed by atoms with van der Waals surface area (Å²) in [5, 5.41) is 12.0. The first-order valence-corrected chi connectivity index (χ1v) is 18.0. The Hall–Kier alpha value is -2.53. The molecule has 1 aromatic rings. The quantitative estimate of drug-likeness (QED) is 0.132. The summed E-state index contributed by atoms with van der Waals surface area (Å²) in [5.41, 5.74) is -2.09. The number of benzene rings is 1. The van der Waals surface area contributed by atoms with E-state index >= 15 is 0 Å². The number of aliphatic hydroxyl groups is 1. The summed E-state index contributed by atoms with van der Waals surface area (Å²) >= 11 is 7.57. The van der Waals surface area contributed by atoms with Gasteiger partial charge in [0.05, 0.1) is 22.5 Å². The summed E-state index contributed by atoms with van der Waals surface area (Å²) in [6.07, 6.45) is 6.66. The van der Waals surface area contributed by atoms with Gasteiger partial charge in [0.1, 0.15) is 6.61 Å². The summed E-state index contributed by atoms with van der Waals surface area (Å²) in [6, 6.07) is 6.07. The van der Waals surface area contributed by atoms with Gasteiger partial charge in [0, 0.05) is 16.7 Å². The average molecular weight is 677 g/mol. The van der Waals surface area contributed by atoms with Crippen molar-refractivity contribution in [2.24, 2.45) is 28.6 Å². The van der Waals surface area contributed by atoms with Crippen molar-refractivity contribution < 1.29 is 41.6 Å². The number of rotatable bonds is 10. The van der Waals surface area contributed by atoms with Gasteiger partial charge in [0.15, 0.2) is 11.4 Å². The first kappa shape index (κ1) is 34.8. The topological polar surface area (TPSA) is 133 Å². The minimum Gasteiger partial charge on any atom is -0.434 e. The highest BCUT2D eigenvalue weighted by atomic mass is 35.5. The van der Waals surface area contributed by atoms with Crippen molar-refractivity contribution in [3.63, 3.8) is 0 Å². The number of hydrogen-bond acceptors (Lipinski definition) is 9. The zero-order valence-corrected chi connectivity index (χ0v) is 28.8. The number of carbonyl (C=O) groups excluding carboxylic acids is 3. The Kier molecular flexibility index (Phi) is 9.45. The van der Waals surface area contributed by atoms with Gasteiger partial charge in [-0.15, -0.1) is 11.6 Å². The Morgan fingerprint density at radius 2 is 1.80 bits per heavy atom. The number of allylic oxidation sites excluding steroid dienone is 4. The molecule has 252 valence electrons. The van der Waals surface area contributed by atoms with Crippen LogP contribution in [0.3, 0.4) is 0 Å². The summed E-state index contributed by atoms with van der Waals surface area (Å²) in [7, 11) is -4.31. The molecule has 9 nitrogen and oxygen atoms in total. The molecule has 1 aromatic carbocycles. The predicted octanol–water partition coefficient (Wildman–Crippen LogP) is 6.24. The van der Waals surface area contributed by atoms with Gasteiger partial charge in [-0.05, 0) is 75.1 Å². The Labute approximate surface area is 276 Å². The van der Waals surface area contributed by atoms with E-state index < -0.39 is 62.0 Å². The lowest BCUT2D eigenvalue weighted by atomic mass is 9.45. The lowest BCUT2D eigenvalue weighted by Gasteiger charge is -2.64. The number of alkyl halides is 1. The van der Waals surface area contributed by atoms with E-state index in [1.54, 1.807) is 31.2 Å².